The molecule has 0 saturated heterocycles. The Hall–Kier alpha value is -1.13. The van der Waals surface area contributed by atoms with E-state index in [1.807, 2.05) is 13.0 Å². The summed E-state index contributed by atoms with van der Waals surface area (Å²) < 4.78 is 5.53. The highest BCUT2D eigenvalue weighted by Crippen LogP contribution is 2.25. The molecule has 1 heterocycles. The van der Waals surface area contributed by atoms with Crippen molar-refractivity contribution in [3.63, 3.8) is 0 Å². The molecule has 0 bridgehead atoms. The minimum absolute atomic E-state index is 0.552. The highest BCUT2D eigenvalue weighted by Gasteiger charge is 2.28. The zero-order valence-corrected chi connectivity index (χ0v) is 11.1. The molecule has 1 unspecified atom stereocenters. The summed E-state index contributed by atoms with van der Waals surface area (Å²) in [7, 11) is 0. The molecule has 1 atom stereocenters. The van der Waals surface area contributed by atoms with E-state index >= 15 is 0 Å². The molecule has 0 aromatic carbocycles. The third kappa shape index (κ3) is 3.68. The van der Waals surface area contributed by atoms with Gasteiger partial charge >= 0.3 is 0 Å². The lowest BCUT2D eigenvalue weighted by molar-refractivity contribution is 0.0559. The highest BCUT2D eigenvalue weighted by atomic mass is 16.5. The predicted octanol–water partition coefficient (Wildman–Crippen LogP) is 1.83. The minimum atomic E-state index is -0.902. The van der Waals surface area contributed by atoms with Crippen molar-refractivity contribution in [2.45, 2.75) is 44.8 Å². The summed E-state index contributed by atoms with van der Waals surface area (Å²) in [6, 6.07) is 2.46. The van der Waals surface area contributed by atoms with E-state index in [1.54, 1.807) is 12.4 Å². The van der Waals surface area contributed by atoms with Crippen molar-refractivity contribution in [2.75, 3.05) is 13.2 Å². The summed E-state index contributed by atoms with van der Waals surface area (Å²) in [6.45, 7) is 5.10. The fraction of sp³-hybridized carbons (Fsp3) is 0.643. The third-order valence-electron chi connectivity index (χ3n) is 3.12. The van der Waals surface area contributed by atoms with E-state index in [9.17, 15) is 5.11 Å². The predicted molar refractivity (Wildman–Crippen MR) is 70.6 cm³/mol. The molecular weight excluding hydrogens is 228 g/mol. The fourth-order valence-electron chi connectivity index (χ4n) is 1.74. The zero-order chi connectivity index (χ0) is 13.0. The van der Waals surface area contributed by atoms with Crippen molar-refractivity contribution >= 4 is 0 Å². The molecule has 4 nitrogen and oxygen atoms in total. The Morgan fingerprint density at radius 2 is 2.28 bits per heavy atom. The molecule has 1 aliphatic rings. The number of aliphatic hydroxyl groups is 1. The molecule has 18 heavy (non-hydrogen) atoms. The first kappa shape index (κ1) is 13.3. The minimum Gasteiger partial charge on any atom is -0.492 e. The molecule has 1 aliphatic carbocycles. The maximum atomic E-state index is 10.5. The van der Waals surface area contributed by atoms with Crippen LogP contribution in [0, 0.1) is 0 Å². The summed E-state index contributed by atoms with van der Waals surface area (Å²) in [6.07, 6.45) is 6.78. The topological polar surface area (TPSA) is 54.4 Å². The van der Waals surface area contributed by atoms with Crippen LogP contribution in [-0.4, -0.2) is 29.3 Å². The molecule has 2 N–H and O–H groups in total. The molecule has 1 aromatic rings. The van der Waals surface area contributed by atoms with Crippen molar-refractivity contribution in [2.24, 2.45) is 0 Å². The summed E-state index contributed by atoms with van der Waals surface area (Å²) >= 11 is 0. The SMILES string of the molecule is CCCOc1cncc(C(C)(O)CNC2CC2)c1. The van der Waals surface area contributed by atoms with Gasteiger partial charge in [0.25, 0.3) is 0 Å². The van der Waals surface area contributed by atoms with Gasteiger partial charge in [-0.2, -0.15) is 0 Å². The van der Waals surface area contributed by atoms with Crippen LogP contribution in [0.4, 0.5) is 0 Å². The molecule has 0 aliphatic heterocycles. The molecule has 1 saturated carbocycles. The van der Waals surface area contributed by atoms with Gasteiger partial charge in [0, 0.05) is 24.3 Å². The standard InChI is InChI=1S/C14H22N2O2/c1-3-6-18-13-7-11(8-15-9-13)14(2,17)10-16-12-4-5-12/h7-9,12,16-17H,3-6,10H2,1-2H3. The van der Waals surface area contributed by atoms with Crippen molar-refractivity contribution in [3.8, 4) is 5.75 Å². The third-order valence-corrected chi connectivity index (χ3v) is 3.12. The van der Waals surface area contributed by atoms with Crippen LogP contribution in [0.1, 0.15) is 38.7 Å². The van der Waals surface area contributed by atoms with Gasteiger partial charge < -0.3 is 15.2 Å². The van der Waals surface area contributed by atoms with Crippen LogP contribution in [0.5, 0.6) is 5.75 Å². The first-order chi connectivity index (χ1) is 8.62. The zero-order valence-electron chi connectivity index (χ0n) is 11.1. The van der Waals surface area contributed by atoms with Gasteiger partial charge in [0.1, 0.15) is 11.4 Å². The number of hydrogen-bond acceptors (Lipinski definition) is 4. The average molecular weight is 250 g/mol. The van der Waals surface area contributed by atoms with Gasteiger partial charge in [0.15, 0.2) is 0 Å². The van der Waals surface area contributed by atoms with Crippen LogP contribution >= 0.6 is 0 Å². The van der Waals surface area contributed by atoms with Crippen LogP contribution in [0.3, 0.4) is 0 Å². The Morgan fingerprint density at radius 3 is 2.94 bits per heavy atom. The summed E-state index contributed by atoms with van der Waals surface area (Å²) in [4.78, 5) is 4.13. The molecule has 4 heteroatoms. The highest BCUT2D eigenvalue weighted by molar-refractivity contribution is 5.28. The normalized spacial score (nSPS) is 18.4. The van der Waals surface area contributed by atoms with Gasteiger partial charge in [-0.1, -0.05) is 6.92 Å². The Morgan fingerprint density at radius 1 is 1.50 bits per heavy atom. The van der Waals surface area contributed by atoms with Crippen LogP contribution in [0.2, 0.25) is 0 Å². The second-order valence-corrected chi connectivity index (χ2v) is 5.19. The van der Waals surface area contributed by atoms with Crippen molar-refractivity contribution in [1.29, 1.82) is 0 Å². The summed E-state index contributed by atoms with van der Waals surface area (Å²) in [5.74, 6) is 0.723. The van der Waals surface area contributed by atoms with Gasteiger partial charge in [-0.3, -0.25) is 4.98 Å². The lowest BCUT2D eigenvalue weighted by atomic mass is 9.97. The monoisotopic (exact) mass is 250 g/mol. The summed E-state index contributed by atoms with van der Waals surface area (Å²) in [5.41, 5.74) is -0.106. The average Bonchev–Trinajstić information content (AvgIpc) is 3.18. The van der Waals surface area contributed by atoms with Crippen LogP contribution in [0.25, 0.3) is 0 Å². The largest absolute Gasteiger partial charge is 0.492 e. The Bertz CT molecular complexity index is 389. The number of pyridine rings is 1. The number of aromatic nitrogens is 1. The van der Waals surface area contributed by atoms with E-state index in [1.165, 1.54) is 12.8 Å². The van der Waals surface area contributed by atoms with Gasteiger partial charge in [-0.05, 0) is 32.3 Å². The Balaban J connectivity index is 2.00. The van der Waals surface area contributed by atoms with Gasteiger partial charge in [0.05, 0.1) is 12.8 Å². The van der Waals surface area contributed by atoms with E-state index in [0.29, 0.717) is 19.2 Å². The van der Waals surface area contributed by atoms with Crippen molar-refractivity contribution in [1.82, 2.24) is 10.3 Å². The maximum absolute atomic E-state index is 10.5. The van der Waals surface area contributed by atoms with E-state index in [4.69, 9.17) is 4.74 Å². The first-order valence-electron chi connectivity index (χ1n) is 6.66. The second-order valence-electron chi connectivity index (χ2n) is 5.19. The van der Waals surface area contributed by atoms with Crippen molar-refractivity contribution in [3.05, 3.63) is 24.0 Å². The van der Waals surface area contributed by atoms with Crippen LogP contribution in [0.15, 0.2) is 18.5 Å². The molecule has 100 valence electrons. The Labute approximate surface area is 108 Å². The molecule has 1 aromatic heterocycles. The van der Waals surface area contributed by atoms with E-state index in [0.717, 1.165) is 17.7 Å². The number of nitrogens with zero attached hydrogens (tertiary/aromatic N) is 1. The fourth-order valence-corrected chi connectivity index (χ4v) is 1.74. The molecule has 1 fully saturated rings. The van der Waals surface area contributed by atoms with E-state index in [2.05, 4.69) is 17.2 Å². The maximum Gasteiger partial charge on any atom is 0.137 e. The van der Waals surface area contributed by atoms with Crippen LogP contribution in [-0.2, 0) is 5.60 Å². The lowest BCUT2D eigenvalue weighted by Crippen LogP contribution is -2.36. The second kappa shape index (κ2) is 5.67. The number of nitrogens with one attached hydrogen (secondary N) is 1. The van der Waals surface area contributed by atoms with Crippen LogP contribution < -0.4 is 10.1 Å². The van der Waals surface area contributed by atoms with Gasteiger partial charge in [0.2, 0.25) is 0 Å². The quantitative estimate of drug-likeness (QED) is 0.775. The number of ether oxygens (including phenoxy) is 1. The number of rotatable bonds is 7. The smallest absolute Gasteiger partial charge is 0.137 e. The molecule has 2 rings (SSSR count). The molecule has 0 radical (unpaired) electrons. The molecular formula is C14H22N2O2. The summed E-state index contributed by atoms with van der Waals surface area (Å²) in [5, 5.41) is 13.8. The van der Waals surface area contributed by atoms with Gasteiger partial charge in [-0.25, -0.2) is 0 Å². The van der Waals surface area contributed by atoms with Gasteiger partial charge in [-0.15, -0.1) is 0 Å². The number of hydrogen-bond donors (Lipinski definition) is 2. The van der Waals surface area contributed by atoms with E-state index < -0.39 is 5.60 Å². The molecule has 0 spiro atoms. The van der Waals surface area contributed by atoms with E-state index in [-0.39, 0.29) is 0 Å². The molecule has 0 amide bonds. The first-order valence-corrected chi connectivity index (χ1v) is 6.66. The van der Waals surface area contributed by atoms with Crippen molar-refractivity contribution < 1.29 is 9.84 Å². The lowest BCUT2D eigenvalue weighted by Gasteiger charge is -2.24. The Kier molecular flexibility index (Phi) is 4.19.